The van der Waals surface area contributed by atoms with E-state index in [1.807, 2.05) is 54.6 Å². The molecule has 0 aliphatic heterocycles. The van der Waals surface area contributed by atoms with Crippen molar-refractivity contribution < 1.29 is 4.79 Å². The number of H-pyrrole nitrogens is 1. The number of urea groups is 1. The van der Waals surface area contributed by atoms with Crippen LogP contribution in [0.4, 0.5) is 16.2 Å². The summed E-state index contributed by atoms with van der Waals surface area (Å²) in [5.74, 6) is 0. The van der Waals surface area contributed by atoms with Crippen molar-refractivity contribution in [2.45, 2.75) is 0 Å². The van der Waals surface area contributed by atoms with Gasteiger partial charge in [0.15, 0.2) is 0 Å². The molecule has 5 heteroatoms. The zero-order valence-corrected chi connectivity index (χ0v) is 14.5. The van der Waals surface area contributed by atoms with E-state index < -0.39 is 0 Å². The van der Waals surface area contributed by atoms with Crippen molar-refractivity contribution in [3.63, 3.8) is 0 Å². The molecule has 128 valence electrons. The van der Waals surface area contributed by atoms with Crippen LogP contribution < -0.4 is 10.6 Å². The van der Waals surface area contributed by atoms with E-state index in [1.54, 1.807) is 24.3 Å². The van der Waals surface area contributed by atoms with Crippen molar-refractivity contribution in [1.29, 1.82) is 0 Å². The number of para-hydroxylation sites is 1. The largest absolute Gasteiger partial charge is 0.353 e. The minimum atomic E-state index is -0.325. The topological polar surface area (TPSA) is 56.9 Å². The minimum absolute atomic E-state index is 0.325. The van der Waals surface area contributed by atoms with Crippen LogP contribution in [0.2, 0.25) is 5.02 Å². The number of hydrogen-bond donors (Lipinski definition) is 3. The molecule has 0 aliphatic rings. The fraction of sp³-hybridized carbons (Fsp3) is 0. The van der Waals surface area contributed by atoms with Crippen LogP contribution in [0.15, 0.2) is 78.9 Å². The highest BCUT2D eigenvalue weighted by molar-refractivity contribution is 6.31. The average molecular weight is 362 g/mol. The van der Waals surface area contributed by atoms with E-state index in [0.717, 1.165) is 27.8 Å². The number of carbonyl (C=O) groups is 1. The van der Waals surface area contributed by atoms with Gasteiger partial charge in [-0.1, -0.05) is 66.2 Å². The van der Waals surface area contributed by atoms with Gasteiger partial charge in [0.2, 0.25) is 0 Å². The predicted octanol–water partition coefficient (Wildman–Crippen LogP) is 6.13. The molecule has 0 unspecified atom stereocenters. The van der Waals surface area contributed by atoms with Gasteiger partial charge < -0.3 is 15.6 Å². The summed E-state index contributed by atoms with van der Waals surface area (Å²) < 4.78 is 0. The number of nitrogens with one attached hydrogen (secondary N) is 3. The SMILES string of the molecule is O=C(Nc1cccc(Cl)c1)Nc1c(-c2ccccc2)[nH]c2ccccc12. The fourth-order valence-electron chi connectivity index (χ4n) is 2.94. The highest BCUT2D eigenvalue weighted by Gasteiger charge is 2.15. The van der Waals surface area contributed by atoms with Gasteiger partial charge in [-0.3, -0.25) is 0 Å². The maximum absolute atomic E-state index is 12.5. The number of carbonyl (C=O) groups excluding carboxylic acids is 1. The second-order valence-corrected chi connectivity index (χ2v) is 6.31. The summed E-state index contributed by atoms with van der Waals surface area (Å²) >= 11 is 5.98. The Balaban J connectivity index is 1.70. The second-order valence-electron chi connectivity index (χ2n) is 5.88. The summed E-state index contributed by atoms with van der Waals surface area (Å²) in [5, 5.41) is 7.31. The van der Waals surface area contributed by atoms with E-state index in [0.29, 0.717) is 10.7 Å². The highest BCUT2D eigenvalue weighted by Crippen LogP contribution is 2.35. The van der Waals surface area contributed by atoms with Crippen molar-refractivity contribution >= 4 is 39.9 Å². The lowest BCUT2D eigenvalue weighted by Crippen LogP contribution is -2.19. The van der Waals surface area contributed by atoms with Gasteiger partial charge in [-0.2, -0.15) is 0 Å². The van der Waals surface area contributed by atoms with Crippen LogP contribution in [-0.4, -0.2) is 11.0 Å². The summed E-state index contributed by atoms with van der Waals surface area (Å²) in [6.45, 7) is 0. The molecule has 1 aromatic heterocycles. The summed E-state index contributed by atoms with van der Waals surface area (Å²) in [6, 6.07) is 24.5. The van der Waals surface area contributed by atoms with Gasteiger partial charge in [-0.15, -0.1) is 0 Å². The minimum Gasteiger partial charge on any atom is -0.353 e. The Bertz CT molecular complexity index is 1070. The molecule has 0 bridgehead atoms. The van der Waals surface area contributed by atoms with E-state index in [9.17, 15) is 4.79 Å². The molecule has 1 heterocycles. The van der Waals surface area contributed by atoms with Gasteiger partial charge in [0.05, 0.1) is 11.4 Å². The number of aromatic amines is 1. The van der Waals surface area contributed by atoms with Crippen molar-refractivity contribution in [3.8, 4) is 11.3 Å². The number of halogens is 1. The number of anilines is 2. The molecule has 0 saturated carbocycles. The first kappa shape index (κ1) is 16.2. The molecule has 0 fully saturated rings. The standard InChI is InChI=1S/C21H16ClN3O/c22-15-9-6-10-16(13-15)23-21(26)25-20-17-11-4-5-12-18(17)24-19(20)14-7-2-1-3-8-14/h1-13,24H,(H2,23,25,26). The molecule has 0 spiro atoms. The molecule has 3 N–H and O–H groups in total. The maximum Gasteiger partial charge on any atom is 0.323 e. The van der Waals surface area contributed by atoms with Crippen LogP contribution in [0.5, 0.6) is 0 Å². The highest BCUT2D eigenvalue weighted by atomic mass is 35.5. The molecule has 4 rings (SSSR count). The Labute approximate surface area is 155 Å². The number of aromatic nitrogens is 1. The lowest BCUT2D eigenvalue weighted by molar-refractivity contribution is 0.262. The first-order chi connectivity index (χ1) is 12.7. The summed E-state index contributed by atoms with van der Waals surface area (Å²) in [4.78, 5) is 15.9. The molecule has 26 heavy (non-hydrogen) atoms. The quantitative estimate of drug-likeness (QED) is 0.403. The number of benzene rings is 3. The number of fused-ring (bicyclic) bond motifs is 1. The second kappa shape index (κ2) is 6.94. The Morgan fingerprint density at radius 3 is 2.42 bits per heavy atom. The molecule has 3 aromatic carbocycles. The lowest BCUT2D eigenvalue weighted by Gasteiger charge is -2.10. The Morgan fingerprint density at radius 2 is 1.62 bits per heavy atom. The van der Waals surface area contributed by atoms with Crippen molar-refractivity contribution in [1.82, 2.24) is 4.98 Å². The fourth-order valence-corrected chi connectivity index (χ4v) is 3.13. The molecular formula is C21H16ClN3O. The Morgan fingerprint density at radius 1 is 0.846 bits per heavy atom. The van der Waals surface area contributed by atoms with Gasteiger partial charge >= 0.3 is 6.03 Å². The maximum atomic E-state index is 12.5. The molecule has 4 nitrogen and oxygen atoms in total. The molecule has 0 aliphatic carbocycles. The van der Waals surface area contributed by atoms with Crippen molar-refractivity contribution in [2.24, 2.45) is 0 Å². The smallest absolute Gasteiger partial charge is 0.323 e. The van der Waals surface area contributed by atoms with E-state index in [2.05, 4.69) is 15.6 Å². The molecule has 4 aromatic rings. The summed E-state index contributed by atoms with van der Waals surface area (Å²) in [7, 11) is 0. The first-order valence-electron chi connectivity index (χ1n) is 8.20. The molecule has 0 atom stereocenters. The van der Waals surface area contributed by atoms with Crippen molar-refractivity contribution in [3.05, 3.63) is 83.9 Å². The number of hydrogen-bond acceptors (Lipinski definition) is 1. The Kier molecular flexibility index (Phi) is 4.33. The number of rotatable bonds is 3. The zero-order valence-electron chi connectivity index (χ0n) is 13.8. The van der Waals surface area contributed by atoms with Crippen LogP contribution in [0.1, 0.15) is 0 Å². The third-order valence-corrected chi connectivity index (χ3v) is 4.32. The van der Waals surface area contributed by atoms with Crippen LogP contribution >= 0.6 is 11.6 Å². The normalized spacial score (nSPS) is 10.7. The van der Waals surface area contributed by atoms with Crippen LogP contribution in [-0.2, 0) is 0 Å². The van der Waals surface area contributed by atoms with E-state index >= 15 is 0 Å². The molecule has 0 radical (unpaired) electrons. The predicted molar refractivity (Wildman–Crippen MR) is 108 cm³/mol. The van der Waals surface area contributed by atoms with Gasteiger partial charge in [0.1, 0.15) is 0 Å². The van der Waals surface area contributed by atoms with Gasteiger partial charge in [-0.05, 0) is 24.3 Å². The van der Waals surface area contributed by atoms with E-state index in [4.69, 9.17) is 11.6 Å². The summed E-state index contributed by atoms with van der Waals surface area (Å²) in [6.07, 6.45) is 0. The van der Waals surface area contributed by atoms with E-state index in [-0.39, 0.29) is 6.03 Å². The third kappa shape index (κ3) is 3.27. The Hall–Kier alpha value is -3.24. The monoisotopic (exact) mass is 361 g/mol. The molecule has 2 amide bonds. The van der Waals surface area contributed by atoms with Crippen molar-refractivity contribution in [2.75, 3.05) is 10.6 Å². The van der Waals surface area contributed by atoms with Gasteiger partial charge in [0, 0.05) is 27.2 Å². The first-order valence-corrected chi connectivity index (χ1v) is 8.58. The van der Waals surface area contributed by atoms with Crippen LogP contribution in [0.25, 0.3) is 22.2 Å². The van der Waals surface area contributed by atoms with E-state index in [1.165, 1.54) is 0 Å². The van der Waals surface area contributed by atoms with Crippen LogP contribution in [0, 0.1) is 0 Å². The zero-order chi connectivity index (χ0) is 17.9. The summed E-state index contributed by atoms with van der Waals surface area (Å²) in [5.41, 5.74) is 4.21. The van der Waals surface area contributed by atoms with Gasteiger partial charge in [-0.25, -0.2) is 4.79 Å². The number of amides is 2. The lowest BCUT2D eigenvalue weighted by atomic mass is 10.1. The average Bonchev–Trinajstić information content (AvgIpc) is 3.01. The third-order valence-electron chi connectivity index (χ3n) is 4.09. The van der Waals surface area contributed by atoms with Crippen LogP contribution in [0.3, 0.4) is 0 Å². The molecular weight excluding hydrogens is 346 g/mol. The molecule has 0 saturated heterocycles. The van der Waals surface area contributed by atoms with Gasteiger partial charge in [0.25, 0.3) is 0 Å².